The number of hydrogen-bond acceptors (Lipinski definition) is 5. The molecule has 2 aromatic rings. The molecule has 0 radical (unpaired) electrons. The van der Waals surface area contributed by atoms with Crippen molar-refractivity contribution in [2.75, 3.05) is 0 Å². The van der Waals surface area contributed by atoms with Crippen LogP contribution in [0.15, 0.2) is 10.6 Å². The van der Waals surface area contributed by atoms with E-state index >= 15 is 0 Å². The van der Waals surface area contributed by atoms with Crippen LogP contribution in [0, 0.1) is 5.92 Å². The lowest BCUT2D eigenvalue weighted by Gasteiger charge is -2.26. The summed E-state index contributed by atoms with van der Waals surface area (Å²) in [6.07, 6.45) is 6.27. The zero-order valence-corrected chi connectivity index (χ0v) is 14.5. The predicted molar refractivity (Wildman–Crippen MR) is 88.0 cm³/mol. The average Bonchev–Trinajstić information content (AvgIpc) is 3.13. The summed E-state index contributed by atoms with van der Waals surface area (Å²) in [5.74, 6) is 1.93. The number of fused-ring (bicyclic) bond motifs is 1. The van der Waals surface area contributed by atoms with Gasteiger partial charge in [-0.25, -0.2) is 0 Å². The molecule has 0 aromatic carbocycles. The molecule has 0 bridgehead atoms. The highest BCUT2D eigenvalue weighted by Crippen LogP contribution is 2.31. The smallest absolute Gasteiger partial charge is 0.233 e. The van der Waals surface area contributed by atoms with E-state index in [4.69, 9.17) is 4.42 Å². The summed E-state index contributed by atoms with van der Waals surface area (Å²) in [6, 6.07) is 0.360. The molecule has 1 aliphatic rings. The molecule has 0 saturated carbocycles. The lowest BCUT2D eigenvalue weighted by molar-refractivity contribution is 0.341. The quantitative estimate of drug-likeness (QED) is 0.886. The van der Waals surface area contributed by atoms with Crippen molar-refractivity contribution < 1.29 is 4.42 Å². The molecule has 0 aliphatic heterocycles. The number of nitrogens with zero attached hydrogens (tertiary/aromatic N) is 4. The largest absolute Gasteiger partial charge is 0.424 e. The van der Waals surface area contributed by atoms with Crippen molar-refractivity contribution in [3.05, 3.63) is 29.2 Å². The van der Waals surface area contributed by atoms with Crippen molar-refractivity contribution in [3.8, 4) is 0 Å². The molecular formula is C17H27N5O. The summed E-state index contributed by atoms with van der Waals surface area (Å²) >= 11 is 0. The van der Waals surface area contributed by atoms with Gasteiger partial charge in [-0.1, -0.05) is 13.8 Å². The van der Waals surface area contributed by atoms with E-state index < -0.39 is 0 Å². The maximum atomic E-state index is 5.81. The van der Waals surface area contributed by atoms with Crippen molar-refractivity contribution in [2.24, 2.45) is 5.92 Å². The van der Waals surface area contributed by atoms with Gasteiger partial charge in [-0.15, -0.1) is 10.2 Å². The van der Waals surface area contributed by atoms with E-state index in [1.807, 2.05) is 6.20 Å². The molecule has 126 valence electrons. The van der Waals surface area contributed by atoms with E-state index in [9.17, 15) is 0 Å². The molecular weight excluding hydrogens is 290 g/mol. The molecule has 6 heteroatoms. The minimum atomic E-state index is 0.0457. The van der Waals surface area contributed by atoms with Gasteiger partial charge in [0.2, 0.25) is 11.8 Å². The van der Waals surface area contributed by atoms with Crippen LogP contribution in [0.5, 0.6) is 0 Å². The molecule has 23 heavy (non-hydrogen) atoms. The van der Waals surface area contributed by atoms with Gasteiger partial charge in [0.15, 0.2) is 0 Å². The molecule has 0 unspecified atom stereocenters. The maximum absolute atomic E-state index is 5.81. The number of rotatable bonds is 6. The van der Waals surface area contributed by atoms with Crippen molar-refractivity contribution in [1.82, 2.24) is 25.3 Å². The highest BCUT2D eigenvalue weighted by Gasteiger charge is 2.26. The SMILES string of the molecule is CCn1ncc2c1CCC[C@H]2N[C@H](C)c1nnc(CC(C)C)o1. The van der Waals surface area contributed by atoms with E-state index in [-0.39, 0.29) is 6.04 Å². The van der Waals surface area contributed by atoms with Crippen molar-refractivity contribution in [3.63, 3.8) is 0 Å². The van der Waals surface area contributed by atoms with Crippen LogP contribution in [-0.2, 0) is 19.4 Å². The van der Waals surface area contributed by atoms with Crippen LogP contribution in [0.25, 0.3) is 0 Å². The summed E-state index contributed by atoms with van der Waals surface area (Å²) < 4.78 is 7.92. The Bertz CT molecular complexity index is 645. The molecule has 2 atom stereocenters. The minimum Gasteiger partial charge on any atom is -0.424 e. The van der Waals surface area contributed by atoms with Crippen LogP contribution in [0.1, 0.15) is 75.7 Å². The Kier molecular flexibility index (Phi) is 4.80. The van der Waals surface area contributed by atoms with Gasteiger partial charge in [-0.05, 0) is 39.0 Å². The topological polar surface area (TPSA) is 68.8 Å². The fourth-order valence-corrected chi connectivity index (χ4v) is 3.31. The standard InChI is InChI=1S/C17H27N5O/c1-5-22-15-8-6-7-14(13(15)10-18-22)19-12(4)17-21-20-16(23-17)9-11(2)3/h10-12,14,19H,5-9H2,1-4H3/t12-,14-/m1/s1. The maximum Gasteiger partial charge on any atom is 0.233 e. The lowest BCUT2D eigenvalue weighted by Crippen LogP contribution is -2.28. The van der Waals surface area contributed by atoms with Crippen LogP contribution in [0.4, 0.5) is 0 Å². The number of nitrogens with one attached hydrogen (secondary N) is 1. The fourth-order valence-electron chi connectivity index (χ4n) is 3.31. The second kappa shape index (κ2) is 6.83. The number of aromatic nitrogens is 4. The van der Waals surface area contributed by atoms with Gasteiger partial charge >= 0.3 is 0 Å². The highest BCUT2D eigenvalue weighted by molar-refractivity contribution is 5.25. The molecule has 3 rings (SSSR count). The fraction of sp³-hybridized carbons (Fsp3) is 0.706. The molecule has 0 spiro atoms. The van der Waals surface area contributed by atoms with Crippen LogP contribution in [0.3, 0.4) is 0 Å². The Labute approximate surface area is 137 Å². The monoisotopic (exact) mass is 317 g/mol. The van der Waals surface area contributed by atoms with E-state index in [1.165, 1.54) is 17.7 Å². The van der Waals surface area contributed by atoms with Crippen LogP contribution >= 0.6 is 0 Å². The molecule has 1 N–H and O–H groups in total. The molecule has 6 nitrogen and oxygen atoms in total. The van der Waals surface area contributed by atoms with Gasteiger partial charge in [-0.2, -0.15) is 5.10 Å². The average molecular weight is 317 g/mol. The first kappa shape index (κ1) is 16.2. The third kappa shape index (κ3) is 3.47. The normalized spacial score (nSPS) is 19.1. The summed E-state index contributed by atoms with van der Waals surface area (Å²) in [6.45, 7) is 9.47. The Hall–Kier alpha value is -1.69. The third-order valence-electron chi connectivity index (χ3n) is 4.45. The molecule has 2 heterocycles. The van der Waals surface area contributed by atoms with E-state index in [2.05, 4.69) is 53.0 Å². The summed E-state index contributed by atoms with van der Waals surface area (Å²) in [5.41, 5.74) is 2.70. The van der Waals surface area contributed by atoms with Gasteiger partial charge in [0.05, 0.1) is 12.2 Å². The Balaban J connectivity index is 1.70. The summed E-state index contributed by atoms with van der Waals surface area (Å²) in [7, 11) is 0. The van der Waals surface area contributed by atoms with E-state index in [0.29, 0.717) is 17.9 Å². The second-order valence-electron chi connectivity index (χ2n) is 6.83. The first-order valence-corrected chi connectivity index (χ1v) is 8.71. The van der Waals surface area contributed by atoms with Crippen molar-refractivity contribution >= 4 is 0 Å². The minimum absolute atomic E-state index is 0.0457. The second-order valence-corrected chi connectivity index (χ2v) is 6.83. The molecule has 0 fully saturated rings. The third-order valence-corrected chi connectivity index (χ3v) is 4.45. The van der Waals surface area contributed by atoms with E-state index in [0.717, 1.165) is 31.7 Å². The number of hydrogen-bond donors (Lipinski definition) is 1. The van der Waals surface area contributed by atoms with Gasteiger partial charge < -0.3 is 4.42 Å². The van der Waals surface area contributed by atoms with Crippen molar-refractivity contribution in [2.45, 2.75) is 72.0 Å². The molecule has 0 amide bonds. The molecule has 0 saturated heterocycles. The van der Waals surface area contributed by atoms with Crippen molar-refractivity contribution in [1.29, 1.82) is 0 Å². The highest BCUT2D eigenvalue weighted by atomic mass is 16.4. The van der Waals surface area contributed by atoms with E-state index in [1.54, 1.807) is 0 Å². The van der Waals surface area contributed by atoms with Crippen LogP contribution in [-0.4, -0.2) is 20.0 Å². The zero-order valence-electron chi connectivity index (χ0n) is 14.5. The Morgan fingerprint density at radius 3 is 2.91 bits per heavy atom. The zero-order chi connectivity index (χ0) is 16.4. The molecule has 2 aromatic heterocycles. The Morgan fingerprint density at radius 2 is 2.17 bits per heavy atom. The van der Waals surface area contributed by atoms with Gasteiger partial charge in [0.1, 0.15) is 0 Å². The van der Waals surface area contributed by atoms with Crippen LogP contribution in [0.2, 0.25) is 0 Å². The molecule has 1 aliphatic carbocycles. The predicted octanol–water partition coefficient (Wildman–Crippen LogP) is 3.21. The number of aryl methyl sites for hydroxylation is 1. The van der Waals surface area contributed by atoms with Gasteiger partial charge in [0, 0.05) is 30.3 Å². The summed E-state index contributed by atoms with van der Waals surface area (Å²) in [4.78, 5) is 0. The van der Waals surface area contributed by atoms with Crippen LogP contribution < -0.4 is 5.32 Å². The first-order chi connectivity index (χ1) is 11.1. The lowest BCUT2D eigenvalue weighted by atomic mass is 9.92. The van der Waals surface area contributed by atoms with Gasteiger partial charge in [-0.3, -0.25) is 10.00 Å². The van der Waals surface area contributed by atoms with Gasteiger partial charge in [0.25, 0.3) is 0 Å². The summed E-state index contributed by atoms with van der Waals surface area (Å²) in [5, 5.41) is 16.5. The first-order valence-electron chi connectivity index (χ1n) is 8.71. The Morgan fingerprint density at radius 1 is 1.35 bits per heavy atom.